The highest BCUT2D eigenvalue weighted by Crippen LogP contribution is 2.39. The predicted octanol–water partition coefficient (Wildman–Crippen LogP) is 1.11. The van der Waals surface area contributed by atoms with Gasteiger partial charge in [-0.25, -0.2) is 10.5 Å². The van der Waals surface area contributed by atoms with Gasteiger partial charge in [0, 0.05) is 0 Å². The Labute approximate surface area is 125 Å². The summed E-state index contributed by atoms with van der Waals surface area (Å²) in [6.07, 6.45) is 5.34. The molecule has 0 spiro atoms. The zero-order chi connectivity index (χ0) is 15.5. The first-order valence-electron chi connectivity index (χ1n) is 7.42. The lowest BCUT2D eigenvalue weighted by Gasteiger charge is -2.38. The van der Waals surface area contributed by atoms with Gasteiger partial charge in [-0.05, 0) is 30.6 Å². The summed E-state index contributed by atoms with van der Waals surface area (Å²) in [7, 11) is 0. The SMILES string of the molecule is CC1CC(OCCn2cc(C(=O)NN)nn2)CC(C)(C)C1. The van der Waals surface area contributed by atoms with Crippen LogP contribution in [0.1, 0.15) is 50.5 Å². The molecule has 1 aliphatic carbocycles. The molecule has 7 nitrogen and oxygen atoms in total. The number of nitrogens with two attached hydrogens (primary N) is 1. The summed E-state index contributed by atoms with van der Waals surface area (Å²) in [5.41, 5.74) is 2.59. The minimum atomic E-state index is -0.440. The lowest BCUT2D eigenvalue weighted by molar-refractivity contribution is -0.0263. The van der Waals surface area contributed by atoms with Crippen LogP contribution in [0, 0.1) is 11.3 Å². The highest BCUT2D eigenvalue weighted by molar-refractivity contribution is 5.91. The fraction of sp³-hybridized carbons (Fsp3) is 0.786. The molecule has 0 aromatic carbocycles. The molecule has 0 radical (unpaired) electrons. The Bertz CT molecular complexity index is 485. The number of nitrogens with zero attached hydrogens (tertiary/aromatic N) is 3. The van der Waals surface area contributed by atoms with Crippen molar-refractivity contribution in [3.05, 3.63) is 11.9 Å². The first-order valence-corrected chi connectivity index (χ1v) is 7.42. The highest BCUT2D eigenvalue weighted by atomic mass is 16.5. The van der Waals surface area contributed by atoms with Gasteiger partial charge in [0.2, 0.25) is 0 Å². The monoisotopic (exact) mass is 295 g/mol. The van der Waals surface area contributed by atoms with Crippen molar-refractivity contribution in [1.29, 1.82) is 0 Å². The smallest absolute Gasteiger partial charge is 0.287 e. The van der Waals surface area contributed by atoms with E-state index in [0.29, 0.717) is 30.6 Å². The molecule has 3 N–H and O–H groups in total. The minimum Gasteiger partial charge on any atom is -0.376 e. The molecule has 1 aliphatic rings. The molecule has 1 amide bonds. The van der Waals surface area contributed by atoms with E-state index < -0.39 is 5.91 Å². The number of rotatable bonds is 5. The quantitative estimate of drug-likeness (QED) is 0.482. The van der Waals surface area contributed by atoms with Crippen molar-refractivity contribution in [3.63, 3.8) is 0 Å². The van der Waals surface area contributed by atoms with Crippen LogP contribution in [-0.2, 0) is 11.3 Å². The van der Waals surface area contributed by atoms with Crippen LogP contribution in [0.3, 0.4) is 0 Å². The maximum atomic E-state index is 11.3. The van der Waals surface area contributed by atoms with Gasteiger partial charge in [-0.2, -0.15) is 0 Å². The molecule has 7 heteroatoms. The molecule has 2 unspecified atom stereocenters. The summed E-state index contributed by atoms with van der Waals surface area (Å²) in [5.74, 6) is 5.31. The number of hydrogen-bond donors (Lipinski definition) is 2. The van der Waals surface area contributed by atoms with Crippen molar-refractivity contribution in [2.75, 3.05) is 6.61 Å². The van der Waals surface area contributed by atoms with Gasteiger partial charge in [-0.3, -0.25) is 10.2 Å². The van der Waals surface area contributed by atoms with Crippen molar-refractivity contribution in [3.8, 4) is 0 Å². The van der Waals surface area contributed by atoms with E-state index in [4.69, 9.17) is 10.6 Å². The molecule has 0 bridgehead atoms. The van der Waals surface area contributed by atoms with Crippen LogP contribution in [0.25, 0.3) is 0 Å². The summed E-state index contributed by atoms with van der Waals surface area (Å²) in [5, 5.41) is 7.63. The molecule has 0 saturated heterocycles. The molecule has 1 heterocycles. The molecule has 0 aliphatic heterocycles. The van der Waals surface area contributed by atoms with Crippen molar-refractivity contribution in [2.45, 2.75) is 52.7 Å². The molecule has 1 aromatic rings. The molecule has 2 rings (SSSR count). The van der Waals surface area contributed by atoms with Crippen LogP contribution < -0.4 is 11.3 Å². The number of amides is 1. The van der Waals surface area contributed by atoms with Gasteiger partial charge in [0.1, 0.15) is 0 Å². The van der Waals surface area contributed by atoms with Gasteiger partial charge in [0.05, 0.1) is 25.5 Å². The van der Waals surface area contributed by atoms with Gasteiger partial charge >= 0.3 is 0 Å². The third-order valence-corrected chi connectivity index (χ3v) is 3.92. The van der Waals surface area contributed by atoms with Crippen LogP contribution in [0.15, 0.2) is 6.20 Å². The molecule has 1 fully saturated rings. The minimum absolute atomic E-state index is 0.213. The Balaban J connectivity index is 1.79. The number of hydrogen-bond acceptors (Lipinski definition) is 5. The lowest BCUT2D eigenvalue weighted by atomic mass is 9.71. The second-order valence-corrected chi connectivity index (χ2v) is 6.75. The molecular formula is C14H25N5O2. The highest BCUT2D eigenvalue weighted by Gasteiger charge is 2.32. The summed E-state index contributed by atoms with van der Waals surface area (Å²) in [6, 6.07) is 0. The van der Waals surface area contributed by atoms with E-state index in [9.17, 15) is 4.79 Å². The van der Waals surface area contributed by atoms with E-state index in [1.165, 1.54) is 6.42 Å². The Hall–Kier alpha value is -1.47. The molecule has 21 heavy (non-hydrogen) atoms. The second-order valence-electron chi connectivity index (χ2n) is 6.75. The molecular weight excluding hydrogens is 270 g/mol. The van der Waals surface area contributed by atoms with Crippen molar-refractivity contribution in [1.82, 2.24) is 20.4 Å². The van der Waals surface area contributed by atoms with E-state index in [2.05, 4.69) is 31.1 Å². The van der Waals surface area contributed by atoms with Gasteiger partial charge in [0.25, 0.3) is 5.91 Å². The number of ether oxygens (including phenoxy) is 1. The van der Waals surface area contributed by atoms with Gasteiger partial charge in [-0.1, -0.05) is 26.0 Å². The molecule has 2 atom stereocenters. The maximum Gasteiger partial charge on any atom is 0.287 e. The molecule has 1 aromatic heterocycles. The zero-order valence-corrected chi connectivity index (χ0v) is 13.0. The summed E-state index contributed by atoms with van der Waals surface area (Å²) < 4.78 is 7.57. The third kappa shape index (κ3) is 4.50. The van der Waals surface area contributed by atoms with Crippen LogP contribution >= 0.6 is 0 Å². The van der Waals surface area contributed by atoms with Gasteiger partial charge in [0.15, 0.2) is 5.69 Å². The Kier molecular flexibility index (Phi) is 4.95. The topological polar surface area (TPSA) is 95.1 Å². The summed E-state index contributed by atoms with van der Waals surface area (Å²) in [6.45, 7) is 8.03. The number of nitrogens with one attached hydrogen (secondary N) is 1. The van der Waals surface area contributed by atoms with Gasteiger partial charge in [-0.15, -0.1) is 5.10 Å². The molecule has 1 saturated carbocycles. The standard InChI is InChI=1S/C14H25N5O2/c1-10-6-11(8-14(2,3)7-10)21-5-4-19-9-12(17-18-19)13(20)16-15/h9-11H,4-8,15H2,1-3H3,(H,16,20). The Morgan fingerprint density at radius 3 is 3.00 bits per heavy atom. The number of carbonyl (C=O) groups is 1. The van der Waals surface area contributed by atoms with Gasteiger partial charge < -0.3 is 4.74 Å². The van der Waals surface area contributed by atoms with Crippen LogP contribution in [0.4, 0.5) is 0 Å². The first kappa shape index (κ1) is 15.9. The average Bonchev–Trinajstić information content (AvgIpc) is 2.84. The lowest BCUT2D eigenvalue weighted by Crippen LogP contribution is -2.33. The number of nitrogen functional groups attached to an aromatic ring is 1. The van der Waals surface area contributed by atoms with E-state index in [0.717, 1.165) is 12.8 Å². The van der Waals surface area contributed by atoms with E-state index >= 15 is 0 Å². The second kappa shape index (κ2) is 6.53. The predicted molar refractivity (Wildman–Crippen MR) is 78.2 cm³/mol. The van der Waals surface area contributed by atoms with Crippen LogP contribution in [0.5, 0.6) is 0 Å². The number of aromatic nitrogens is 3. The normalized spacial score (nSPS) is 24.8. The van der Waals surface area contributed by atoms with Crippen LogP contribution in [0.2, 0.25) is 0 Å². The van der Waals surface area contributed by atoms with E-state index in [-0.39, 0.29) is 5.69 Å². The van der Waals surface area contributed by atoms with Crippen molar-refractivity contribution in [2.24, 2.45) is 17.2 Å². The third-order valence-electron chi connectivity index (χ3n) is 3.92. The van der Waals surface area contributed by atoms with Crippen LogP contribution in [-0.4, -0.2) is 33.6 Å². The van der Waals surface area contributed by atoms with Crippen molar-refractivity contribution >= 4 is 5.91 Å². The maximum absolute atomic E-state index is 11.3. The number of carbonyl (C=O) groups excluding carboxylic acids is 1. The number of hydrazine groups is 1. The Morgan fingerprint density at radius 1 is 1.57 bits per heavy atom. The summed E-state index contributed by atoms with van der Waals surface area (Å²) >= 11 is 0. The van der Waals surface area contributed by atoms with E-state index in [1.54, 1.807) is 10.9 Å². The largest absolute Gasteiger partial charge is 0.376 e. The fourth-order valence-electron chi connectivity index (χ4n) is 3.28. The summed E-state index contributed by atoms with van der Waals surface area (Å²) in [4.78, 5) is 11.3. The fourth-order valence-corrected chi connectivity index (χ4v) is 3.28. The first-order chi connectivity index (χ1) is 9.89. The average molecular weight is 295 g/mol. The van der Waals surface area contributed by atoms with Crippen molar-refractivity contribution < 1.29 is 9.53 Å². The Morgan fingerprint density at radius 2 is 2.33 bits per heavy atom. The zero-order valence-electron chi connectivity index (χ0n) is 13.0. The molecule has 118 valence electrons. The van der Waals surface area contributed by atoms with E-state index in [1.807, 2.05) is 5.43 Å².